The van der Waals surface area contributed by atoms with Crippen molar-refractivity contribution < 1.29 is 24.2 Å². The highest BCUT2D eigenvalue weighted by Crippen LogP contribution is 2.18. The number of nitrogens with one attached hydrogen (secondary N) is 1. The zero-order chi connectivity index (χ0) is 17.6. The van der Waals surface area contributed by atoms with Crippen molar-refractivity contribution in [1.29, 1.82) is 0 Å². The minimum atomic E-state index is -1.04. The number of rotatable bonds is 6. The van der Waals surface area contributed by atoms with Crippen LogP contribution in [0.4, 0.5) is 5.69 Å². The molecule has 1 heterocycles. The van der Waals surface area contributed by atoms with E-state index in [0.717, 1.165) is 19.4 Å². The molecule has 0 radical (unpaired) electrons. The van der Waals surface area contributed by atoms with E-state index in [0.29, 0.717) is 23.6 Å². The van der Waals surface area contributed by atoms with Crippen molar-refractivity contribution in [3.63, 3.8) is 0 Å². The van der Waals surface area contributed by atoms with Gasteiger partial charge in [-0.15, -0.1) is 0 Å². The Hall–Kier alpha value is -2.86. The maximum Gasteiger partial charge on any atom is 0.335 e. The second kappa shape index (κ2) is 7.81. The molecule has 6 heteroatoms. The topological polar surface area (TPSA) is 84.9 Å². The molecule has 1 fully saturated rings. The number of hydrogen-bond acceptors (Lipinski definition) is 4. The van der Waals surface area contributed by atoms with Crippen LogP contribution in [0.25, 0.3) is 0 Å². The zero-order valence-corrected chi connectivity index (χ0v) is 13.6. The molecule has 130 valence electrons. The fourth-order valence-corrected chi connectivity index (χ4v) is 2.63. The van der Waals surface area contributed by atoms with Crippen molar-refractivity contribution >= 4 is 17.6 Å². The summed E-state index contributed by atoms with van der Waals surface area (Å²) in [5.74, 6) is -0.770. The zero-order valence-electron chi connectivity index (χ0n) is 13.6. The third-order valence-corrected chi connectivity index (χ3v) is 3.92. The molecule has 1 unspecified atom stereocenters. The molecular weight excluding hydrogens is 322 g/mol. The van der Waals surface area contributed by atoms with Gasteiger partial charge in [-0.05, 0) is 49.2 Å². The third kappa shape index (κ3) is 4.58. The lowest BCUT2D eigenvalue weighted by Crippen LogP contribution is -2.17. The van der Waals surface area contributed by atoms with Crippen molar-refractivity contribution in [3.05, 3.63) is 59.7 Å². The molecule has 0 saturated carbocycles. The summed E-state index contributed by atoms with van der Waals surface area (Å²) in [5.41, 5.74) is 0.979. The number of anilines is 1. The monoisotopic (exact) mass is 341 g/mol. The van der Waals surface area contributed by atoms with Crippen LogP contribution in [0, 0.1) is 0 Å². The quantitative estimate of drug-likeness (QED) is 0.843. The van der Waals surface area contributed by atoms with Crippen LogP contribution in [-0.2, 0) is 4.74 Å². The number of carboxylic acid groups (broad SMARTS) is 1. The predicted molar refractivity (Wildman–Crippen MR) is 92.3 cm³/mol. The molecule has 2 aromatic carbocycles. The SMILES string of the molecule is O=C(O)c1cccc(NC(=O)c2cccc(OCC3CCCO3)c2)c1. The lowest BCUT2D eigenvalue weighted by molar-refractivity contribution is 0.0679. The van der Waals surface area contributed by atoms with Crippen LogP contribution in [0.5, 0.6) is 5.75 Å². The Morgan fingerprint density at radius 2 is 1.96 bits per heavy atom. The van der Waals surface area contributed by atoms with Gasteiger partial charge in [0.2, 0.25) is 0 Å². The van der Waals surface area contributed by atoms with Crippen LogP contribution in [0.15, 0.2) is 48.5 Å². The first-order valence-corrected chi connectivity index (χ1v) is 8.11. The molecule has 0 bridgehead atoms. The Kier molecular flexibility index (Phi) is 5.30. The summed E-state index contributed by atoms with van der Waals surface area (Å²) in [5, 5.41) is 11.7. The maximum absolute atomic E-state index is 12.4. The van der Waals surface area contributed by atoms with E-state index in [4.69, 9.17) is 14.6 Å². The van der Waals surface area contributed by atoms with E-state index in [-0.39, 0.29) is 17.6 Å². The molecule has 0 aliphatic carbocycles. The first kappa shape index (κ1) is 17.0. The molecule has 0 aromatic heterocycles. The fourth-order valence-electron chi connectivity index (χ4n) is 2.63. The van der Waals surface area contributed by atoms with Crippen molar-refractivity contribution in [2.24, 2.45) is 0 Å². The second-order valence-corrected chi connectivity index (χ2v) is 5.81. The Labute approximate surface area is 145 Å². The molecule has 6 nitrogen and oxygen atoms in total. The highest BCUT2D eigenvalue weighted by Gasteiger charge is 2.16. The highest BCUT2D eigenvalue weighted by molar-refractivity contribution is 6.05. The number of amides is 1. The van der Waals surface area contributed by atoms with Gasteiger partial charge in [-0.3, -0.25) is 4.79 Å². The average Bonchev–Trinajstić information content (AvgIpc) is 3.14. The molecule has 25 heavy (non-hydrogen) atoms. The number of benzene rings is 2. The molecule has 0 spiro atoms. The Bertz CT molecular complexity index is 768. The lowest BCUT2D eigenvalue weighted by atomic mass is 10.1. The van der Waals surface area contributed by atoms with E-state index < -0.39 is 5.97 Å². The second-order valence-electron chi connectivity index (χ2n) is 5.81. The van der Waals surface area contributed by atoms with E-state index in [1.54, 1.807) is 36.4 Å². The standard InChI is InChI=1S/C19H19NO5/c21-18(20-15-6-1-5-14(10-15)19(22)23)13-4-2-7-16(11-13)25-12-17-8-3-9-24-17/h1-2,4-7,10-11,17H,3,8-9,12H2,(H,20,21)(H,22,23). The average molecular weight is 341 g/mol. The normalized spacial score (nSPS) is 16.4. The molecule has 1 aliphatic heterocycles. The van der Waals surface area contributed by atoms with E-state index >= 15 is 0 Å². The summed E-state index contributed by atoms with van der Waals surface area (Å²) in [6.45, 7) is 1.23. The van der Waals surface area contributed by atoms with Crippen LogP contribution in [0.3, 0.4) is 0 Å². The van der Waals surface area contributed by atoms with Gasteiger partial charge in [0.25, 0.3) is 5.91 Å². The van der Waals surface area contributed by atoms with Crippen molar-refractivity contribution in [3.8, 4) is 5.75 Å². The molecule has 2 aromatic rings. The van der Waals surface area contributed by atoms with Gasteiger partial charge < -0.3 is 19.9 Å². The van der Waals surface area contributed by atoms with E-state index in [9.17, 15) is 9.59 Å². The van der Waals surface area contributed by atoms with Gasteiger partial charge in [0, 0.05) is 17.9 Å². The number of carboxylic acids is 1. The smallest absolute Gasteiger partial charge is 0.335 e. The highest BCUT2D eigenvalue weighted by atomic mass is 16.5. The molecule has 3 rings (SSSR count). The maximum atomic E-state index is 12.4. The molecule has 2 N–H and O–H groups in total. The van der Waals surface area contributed by atoms with E-state index in [2.05, 4.69) is 5.32 Å². The number of carbonyl (C=O) groups excluding carboxylic acids is 1. The molecule has 1 amide bonds. The van der Waals surface area contributed by atoms with Gasteiger partial charge >= 0.3 is 5.97 Å². The van der Waals surface area contributed by atoms with Crippen LogP contribution in [0.2, 0.25) is 0 Å². The van der Waals surface area contributed by atoms with Crippen molar-refractivity contribution in [2.45, 2.75) is 18.9 Å². The first-order valence-electron chi connectivity index (χ1n) is 8.11. The summed E-state index contributed by atoms with van der Waals surface area (Å²) in [6.07, 6.45) is 2.14. The Morgan fingerprint density at radius 3 is 2.72 bits per heavy atom. The third-order valence-electron chi connectivity index (χ3n) is 3.92. The van der Waals surface area contributed by atoms with E-state index in [1.165, 1.54) is 12.1 Å². The number of hydrogen-bond donors (Lipinski definition) is 2. The predicted octanol–water partition coefficient (Wildman–Crippen LogP) is 3.19. The molecule has 1 aliphatic rings. The summed E-state index contributed by atoms with van der Waals surface area (Å²) in [6, 6.07) is 13.0. The summed E-state index contributed by atoms with van der Waals surface area (Å²) < 4.78 is 11.2. The van der Waals surface area contributed by atoms with Crippen molar-refractivity contribution in [1.82, 2.24) is 0 Å². The summed E-state index contributed by atoms with van der Waals surface area (Å²) in [4.78, 5) is 23.4. The van der Waals surface area contributed by atoms with Gasteiger partial charge in [0.05, 0.1) is 11.7 Å². The minimum Gasteiger partial charge on any atom is -0.491 e. The number of ether oxygens (including phenoxy) is 2. The summed E-state index contributed by atoms with van der Waals surface area (Å²) in [7, 11) is 0. The van der Waals surface area contributed by atoms with Gasteiger partial charge in [-0.2, -0.15) is 0 Å². The fraction of sp³-hybridized carbons (Fsp3) is 0.263. The minimum absolute atomic E-state index is 0.108. The van der Waals surface area contributed by atoms with Crippen LogP contribution in [-0.4, -0.2) is 36.3 Å². The molecular formula is C19H19NO5. The van der Waals surface area contributed by atoms with Gasteiger partial charge in [-0.1, -0.05) is 12.1 Å². The van der Waals surface area contributed by atoms with Gasteiger partial charge in [0.1, 0.15) is 12.4 Å². The molecule has 1 saturated heterocycles. The number of carbonyl (C=O) groups is 2. The van der Waals surface area contributed by atoms with Crippen LogP contribution >= 0.6 is 0 Å². The van der Waals surface area contributed by atoms with Crippen molar-refractivity contribution in [2.75, 3.05) is 18.5 Å². The summed E-state index contributed by atoms with van der Waals surface area (Å²) >= 11 is 0. The largest absolute Gasteiger partial charge is 0.491 e. The number of aromatic carboxylic acids is 1. The van der Waals surface area contributed by atoms with Crippen LogP contribution in [0.1, 0.15) is 33.6 Å². The van der Waals surface area contributed by atoms with Gasteiger partial charge in [0.15, 0.2) is 0 Å². The van der Waals surface area contributed by atoms with Crippen LogP contribution < -0.4 is 10.1 Å². The Balaban J connectivity index is 1.64. The Morgan fingerprint density at radius 1 is 1.16 bits per heavy atom. The molecule has 1 atom stereocenters. The van der Waals surface area contributed by atoms with Gasteiger partial charge in [-0.25, -0.2) is 4.79 Å². The lowest BCUT2D eigenvalue weighted by Gasteiger charge is -2.12. The first-order chi connectivity index (χ1) is 12.1. The van der Waals surface area contributed by atoms with E-state index in [1.807, 2.05) is 0 Å².